The first kappa shape index (κ1) is 17.9. The molecule has 0 spiro atoms. The lowest BCUT2D eigenvalue weighted by Crippen LogP contribution is -2.52. The van der Waals surface area contributed by atoms with Gasteiger partial charge in [0.2, 0.25) is 0 Å². The number of nitrogens with one attached hydrogen (secondary N) is 1. The summed E-state index contributed by atoms with van der Waals surface area (Å²) in [5.74, 6) is 0.611. The van der Waals surface area contributed by atoms with Crippen molar-refractivity contribution in [2.75, 3.05) is 39.3 Å². The van der Waals surface area contributed by atoms with Crippen LogP contribution < -0.4 is 5.32 Å². The molecule has 2 atom stereocenters. The van der Waals surface area contributed by atoms with E-state index >= 15 is 0 Å². The maximum Gasteiger partial charge on any atom is 0.0476 e. The second kappa shape index (κ2) is 8.46. The molecule has 0 saturated carbocycles. The Morgan fingerprint density at radius 2 is 1.71 bits per heavy atom. The summed E-state index contributed by atoms with van der Waals surface area (Å²) >= 11 is 0. The van der Waals surface area contributed by atoms with E-state index < -0.39 is 0 Å². The zero-order chi connectivity index (χ0) is 16.9. The van der Waals surface area contributed by atoms with E-state index in [-0.39, 0.29) is 0 Å². The van der Waals surface area contributed by atoms with Crippen molar-refractivity contribution in [3.05, 3.63) is 35.4 Å². The topological polar surface area (TPSA) is 18.5 Å². The molecule has 1 N–H and O–H groups in total. The van der Waals surface area contributed by atoms with Crippen molar-refractivity contribution < 1.29 is 0 Å². The second-order valence-corrected chi connectivity index (χ2v) is 7.90. The molecule has 1 aromatic rings. The molecule has 0 bridgehead atoms. The Morgan fingerprint density at radius 3 is 2.33 bits per heavy atom. The molecule has 3 rings (SSSR count). The quantitative estimate of drug-likeness (QED) is 0.860. The van der Waals surface area contributed by atoms with Crippen LogP contribution in [0.2, 0.25) is 0 Å². The number of hydrogen-bond donors (Lipinski definition) is 1. The third kappa shape index (κ3) is 4.38. The molecule has 2 saturated heterocycles. The van der Waals surface area contributed by atoms with Crippen LogP contribution in [0.15, 0.2) is 24.3 Å². The number of rotatable bonds is 6. The first-order chi connectivity index (χ1) is 11.7. The van der Waals surface area contributed by atoms with E-state index in [1.54, 1.807) is 0 Å². The fourth-order valence-electron chi connectivity index (χ4n) is 4.15. The van der Waals surface area contributed by atoms with Crippen molar-refractivity contribution in [2.24, 2.45) is 0 Å². The van der Waals surface area contributed by atoms with Crippen LogP contribution in [0.5, 0.6) is 0 Å². The fourth-order valence-corrected chi connectivity index (χ4v) is 4.15. The predicted molar refractivity (Wildman–Crippen MR) is 103 cm³/mol. The molecule has 2 aliphatic heterocycles. The standard InChI is InChI=1S/C21H35N3/c1-4-20-15-24(14-11-22-20)21(16-23-12-5-6-13-23)19-9-7-18(8-10-19)17(2)3/h7-10,17,20-22H,4-6,11-16H2,1-3H3. The Balaban J connectivity index is 1.77. The second-order valence-electron chi connectivity index (χ2n) is 7.90. The Morgan fingerprint density at radius 1 is 1.04 bits per heavy atom. The summed E-state index contributed by atoms with van der Waals surface area (Å²) in [5, 5.41) is 3.67. The summed E-state index contributed by atoms with van der Waals surface area (Å²) in [5.41, 5.74) is 2.95. The molecule has 0 aromatic heterocycles. The highest BCUT2D eigenvalue weighted by Crippen LogP contribution is 2.27. The van der Waals surface area contributed by atoms with Gasteiger partial charge in [0.25, 0.3) is 0 Å². The predicted octanol–water partition coefficient (Wildman–Crippen LogP) is 3.63. The van der Waals surface area contributed by atoms with Gasteiger partial charge in [0.15, 0.2) is 0 Å². The first-order valence-electron chi connectivity index (χ1n) is 9.97. The van der Waals surface area contributed by atoms with E-state index in [9.17, 15) is 0 Å². The van der Waals surface area contributed by atoms with E-state index in [4.69, 9.17) is 0 Å². The summed E-state index contributed by atoms with van der Waals surface area (Å²) in [6, 6.07) is 10.7. The largest absolute Gasteiger partial charge is 0.311 e. The molecule has 0 amide bonds. The van der Waals surface area contributed by atoms with Gasteiger partial charge in [-0.3, -0.25) is 4.90 Å². The monoisotopic (exact) mass is 329 g/mol. The Hall–Kier alpha value is -0.900. The van der Waals surface area contributed by atoms with E-state index in [2.05, 4.69) is 60.2 Å². The fraction of sp³-hybridized carbons (Fsp3) is 0.714. The van der Waals surface area contributed by atoms with E-state index in [0.29, 0.717) is 18.0 Å². The highest BCUT2D eigenvalue weighted by molar-refractivity contribution is 5.27. The van der Waals surface area contributed by atoms with Crippen LogP contribution in [-0.2, 0) is 0 Å². The summed E-state index contributed by atoms with van der Waals surface area (Å²) in [7, 11) is 0. The zero-order valence-corrected chi connectivity index (χ0v) is 15.8. The molecule has 2 heterocycles. The average molecular weight is 330 g/mol. The van der Waals surface area contributed by atoms with Gasteiger partial charge in [-0.2, -0.15) is 0 Å². The summed E-state index contributed by atoms with van der Waals surface area (Å²) in [6.45, 7) is 14.1. The molecular weight excluding hydrogens is 294 g/mol. The summed E-state index contributed by atoms with van der Waals surface area (Å²) < 4.78 is 0. The highest BCUT2D eigenvalue weighted by Gasteiger charge is 2.28. The smallest absolute Gasteiger partial charge is 0.0476 e. The Kier molecular flexibility index (Phi) is 6.31. The number of benzene rings is 1. The maximum atomic E-state index is 3.67. The number of piperazine rings is 1. The van der Waals surface area contributed by atoms with Crippen molar-refractivity contribution in [1.29, 1.82) is 0 Å². The third-order valence-electron chi connectivity index (χ3n) is 5.84. The maximum absolute atomic E-state index is 3.67. The van der Waals surface area contributed by atoms with Gasteiger partial charge in [-0.15, -0.1) is 0 Å². The average Bonchev–Trinajstić information content (AvgIpc) is 3.13. The van der Waals surface area contributed by atoms with E-state index in [0.717, 1.165) is 6.54 Å². The van der Waals surface area contributed by atoms with Gasteiger partial charge in [0, 0.05) is 38.3 Å². The highest BCUT2D eigenvalue weighted by atomic mass is 15.3. The lowest BCUT2D eigenvalue weighted by Gasteiger charge is -2.40. The van der Waals surface area contributed by atoms with Crippen molar-refractivity contribution in [3.63, 3.8) is 0 Å². The van der Waals surface area contributed by atoms with Crippen LogP contribution in [0.4, 0.5) is 0 Å². The summed E-state index contributed by atoms with van der Waals surface area (Å²) in [4.78, 5) is 5.40. The minimum absolute atomic E-state index is 0.542. The molecule has 2 fully saturated rings. The molecule has 2 unspecified atom stereocenters. The van der Waals surface area contributed by atoms with Crippen LogP contribution in [0.25, 0.3) is 0 Å². The number of likely N-dealkylation sites (tertiary alicyclic amines) is 1. The SMILES string of the molecule is CCC1CN(C(CN2CCCC2)c2ccc(C(C)C)cc2)CCN1. The van der Waals surface area contributed by atoms with Gasteiger partial charge < -0.3 is 10.2 Å². The molecule has 3 nitrogen and oxygen atoms in total. The number of nitrogens with zero attached hydrogens (tertiary/aromatic N) is 2. The molecule has 134 valence electrons. The van der Waals surface area contributed by atoms with Crippen molar-refractivity contribution >= 4 is 0 Å². The van der Waals surface area contributed by atoms with Crippen LogP contribution >= 0.6 is 0 Å². The Labute approximate surface area is 148 Å². The molecule has 2 aliphatic rings. The Bertz CT molecular complexity index is 490. The van der Waals surface area contributed by atoms with Crippen molar-refractivity contribution in [1.82, 2.24) is 15.1 Å². The number of hydrogen-bond acceptors (Lipinski definition) is 3. The van der Waals surface area contributed by atoms with Gasteiger partial charge >= 0.3 is 0 Å². The van der Waals surface area contributed by atoms with Crippen LogP contribution in [-0.4, -0.2) is 55.1 Å². The van der Waals surface area contributed by atoms with Gasteiger partial charge in [0.1, 0.15) is 0 Å². The molecule has 3 heteroatoms. The van der Waals surface area contributed by atoms with E-state index in [1.165, 1.54) is 63.1 Å². The first-order valence-corrected chi connectivity index (χ1v) is 9.97. The van der Waals surface area contributed by atoms with Crippen LogP contribution in [0.1, 0.15) is 63.1 Å². The molecule has 0 radical (unpaired) electrons. The molecular formula is C21H35N3. The lowest BCUT2D eigenvalue weighted by molar-refractivity contribution is 0.112. The summed E-state index contributed by atoms with van der Waals surface area (Å²) in [6.07, 6.45) is 3.97. The van der Waals surface area contributed by atoms with E-state index in [1.807, 2.05) is 0 Å². The van der Waals surface area contributed by atoms with Crippen molar-refractivity contribution in [3.8, 4) is 0 Å². The van der Waals surface area contributed by atoms with Gasteiger partial charge in [-0.1, -0.05) is 45.0 Å². The van der Waals surface area contributed by atoms with Crippen molar-refractivity contribution in [2.45, 2.75) is 58.0 Å². The molecule has 0 aliphatic carbocycles. The lowest BCUT2D eigenvalue weighted by atomic mass is 9.97. The molecule has 1 aromatic carbocycles. The zero-order valence-electron chi connectivity index (χ0n) is 15.8. The van der Waals surface area contributed by atoms with Gasteiger partial charge in [0.05, 0.1) is 0 Å². The normalized spacial score (nSPS) is 24.6. The van der Waals surface area contributed by atoms with Crippen LogP contribution in [0, 0.1) is 0 Å². The van der Waals surface area contributed by atoms with Crippen LogP contribution in [0.3, 0.4) is 0 Å². The molecule has 24 heavy (non-hydrogen) atoms. The minimum atomic E-state index is 0.542. The van der Waals surface area contributed by atoms with Gasteiger partial charge in [-0.05, 0) is 49.4 Å². The third-order valence-corrected chi connectivity index (χ3v) is 5.84. The van der Waals surface area contributed by atoms with Gasteiger partial charge in [-0.25, -0.2) is 0 Å². The minimum Gasteiger partial charge on any atom is -0.311 e.